The first-order valence-corrected chi connectivity index (χ1v) is 6.06. The second-order valence-electron chi connectivity index (χ2n) is 4.33. The predicted octanol–water partition coefficient (Wildman–Crippen LogP) is 3.54. The Morgan fingerprint density at radius 3 is 2.27 bits per heavy atom. The van der Waals surface area contributed by atoms with Crippen LogP contribution in [0.5, 0.6) is 0 Å². The maximum Gasteiger partial charge on any atom is 0.0453 e. The van der Waals surface area contributed by atoms with Gasteiger partial charge in [0, 0.05) is 23.1 Å². The number of halogens is 2. The normalized spacial score (nSPS) is 18.6. The first kappa shape index (κ1) is 11.3. The van der Waals surface area contributed by atoms with E-state index in [1.54, 1.807) is 0 Å². The van der Waals surface area contributed by atoms with Gasteiger partial charge in [0.2, 0.25) is 0 Å². The zero-order chi connectivity index (χ0) is 10.9. The van der Waals surface area contributed by atoms with Gasteiger partial charge in [-0.25, -0.2) is 0 Å². The van der Waals surface area contributed by atoms with Crippen LogP contribution in [0.2, 0.25) is 10.0 Å². The maximum atomic E-state index is 6.17. The van der Waals surface area contributed by atoms with Crippen LogP contribution in [0.25, 0.3) is 0 Å². The summed E-state index contributed by atoms with van der Waals surface area (Å²) in [5.74, 6) is 0. The molecule has 1 aromatic carbocycles. The lowest BCUT2D eigenvalue weighted by molar-refractivity contribution is 0.160. The highest BCUT2D eigenvalue weighted by atomic mass is 35.5. The van der Waals surface area contributed by atoms with Crippen LogP contribution in [0.4, 0.5) is 0 Å². The summed E-state index contributed by atoms with van der Waals surface area (Å²) < 4.78 is 0. The SMILES string of the molecule is CCC1(Cc2c(Cl)cccc2Cl)CNC1. The minimum absolute atomic E-state index is 0.370. The summed E-state index contributed by atoms with van der Waals surface area (Å²) in [5.41, 5.74) is 1.47. The van der Waals surface area contributed by atoms with Crippen molar-refractivity contribution in [2.45, 2.75) is 19.8 Å². The van der Waals surface area contributed by atoms with Gasteiger partial charge in [0.1, 0.15) is 0 Å². The van der Waals surface area contributed by atoms with Crippen LogP contribution in [0, 0.1) is 5.41 Å². The van der Waals surface area contributed by atoms with E-state index in [2.05, 4.69) is 12.2 Å². The smallest absolute Gasteiger partial charge is 0.0453 e. The molecular formula is C12H15Cl2N. The molecule has 1 saturated heterocycles. The summed E-state index contributed by atoms with van der Waals surface area (Å²) >= 11 is 12.3. The van der Waals surface area contributed by atoms with Gasteiger partial charge in [-0.2, -0.15) is 0 Å². The lowest BCUT2D eigenvalue weighted by Crippen LogP contribution is -2.54. The zero-order valence-electron chi connectivity index (χ0n) is 8.82. The lowest BCUT2D eigenvalue weighted by Gasteiger charge is -2.42. The van der Waals surface area contributed by atoms with E-state index in [1.165, 1.54) is 6.42 Å². The van der Waals surface area contributed by atoms with Crippen molar-refractivity contribution < 1.29 is 0 Å². The van der Waals surface area contributed by atoms with Crippen LogP contribution < -0.4 is 5.32 Å². The standard InChI is InChI=1S/C12H15Cl2N/c1-2-12(7-15-8-12)6-9-10(13)4-3-5-11(9)14/h3-5,15H,2,6-8H2,1H3. The maximum absolute atomic E-state index is 6.17. The molecule has 0 spiro atoms. The molecule has 15 heavy (non-hydrogen) atoms. The van der Waals surface area contributed by atoms with Crippen molar-refractivity contribution in [3.63, 3.8) is 0 Å². The summed E-state index contributed by atoms with van der Waals surface area (Å²) in [7, 11) is 0. The Hall–Kier alpha value is -0.240. The largest absolute Gasteiger partial charge is 0.316 e. The summed E-state index contributed by atoms with van der Waals surface area (Å²) in [6.45, 7) is 4.38. The van der Waals surface area contributed by atoms with Gasteiger partial charge in [0.25, 0.3) is 0 Å². The van der Waals surface area contributed by atoms with Gasteiger partial charge in [0.15, 0.2) is 0 Å². The van der Waals surface area contributed by atoms with E-state index in [1.807, 2.05) is 18.2 Å². The highest BCUT2D eigenvalue weighted by molar-refractivity contribution is 6.36. The molecule has 1 aromatic rings. The Balaban J connectivity index is 2.23. The molecule has 1 heterocycles. The number of benzene rings is 1. The van der Waals surface area contributed by atoms with Crippen LogP contribution >= 0.6 is 23.2 Å². The molecule has 0 unspecified atom stereocenters. The van der Waals surface area contributed by atoms with Gasteiger partial charge < -0.3 is 5.32 Å². The van der Waals surface area contributed by atoms with Crippen LogP contribution in [0.15, 0.2) is 18.2 Å². The molecule has 3 heteroatoms. The summed E-state index contributed by atoms with van der Waals surface area (Å²) in [6, 6.07) is 5.72. The Kier molecular flexibility index (Phi) is 3.24. The van der Waals surface area contributed by atoms with Crippen molar-refractivity contribution >= 4 is 23.2 Å². The number of rotatable bonds is 3. The Morgan fingerprint density at radius 2 is 1.87 bits per heavy atom. The van der Waals surface area contributed by atoms with E-state index in [0.29, 0.717) is 5.41 Å². The minimum atomic E-state index is 0.370. The molecule has 1 aliphatic rings. The second-order valence-corrected chi connectivity index (χ2v) is 5.15. The summed E-state index contributed by atoms with van der Waals surface area (Å²) in [6.07, 6.45) is 2.15. The molecule has 0 aliphatic carbocycles. The average Bonchev–Trinajstić information content (AvgIpc) is 2.15. The van der Waals surface area contributed by atoms with Crippen molar-refractivity contribution in [3.8, 4) is 0 Å². The van der Waals surface area contributed by atoms with Crippen molar-refractivity contribution in [2.24, 2.45) is 5.41 Å². The fourth-order valence-corrected chi connectivity index (χ4v) is 2.59. The first-order chi connectivity index (χ1) is 7.17. The number of hydrogen-bond donors (Lipinski definition) is 1. The fourth-order valence-electron chi connectivity index (χ4n) is 2.05. The van der Waals surface area contributed by atoms with Crippen molar-refractivity contribution in [1.29, 1.82) is 0 Å². The quantitative estimate of drug-likeness (QED) is 0.857. The Bertz CT molecular complexity index is 333. The van der Waals surface area contributed by atoms with E-state index < -0.39 is 0 Å². The molecule has 0 saturated carbocycles. The first-order valence-electron chi connectivity index (χ1n) is 5.30. The predicted molar refractivity (Wildman–Crippen MR) is 65.8 cm³/mol. The van der Waals surface area contributed by atoms with Crippen LogP contribution in [-0.2, 0) is 6.42 Å². The molecule has 1 fully saturated rings. The molecule has 1 nitrogen and oxygen atoms in total. The van der Waals surface area contributed by atoms with Gasteiger partial charge in [-0.1, -0.05) is 36.2 Å². The number of nitrogens with one attached hydrogen (secondary N) is 1. The van der Waals surface area contributed by atoms with E-state index >= 15 is 0 Å². The monoisotopic (exact) mass is 243 g/mol. The third-order valence-corrected chi connectivity index (χ3v) is 4.07. The zero-order valence-corrected chi connectivity index (χ0v) is 10.3. The Morgan fingerprint density at radius 1 is 1.27 bits per heavy atom. The van der Waals surface area contributed by atoms with Gasteiger partial charge in [0.05, 0.1) is 0 Å². The van der Waals surface area contributed by atoms with Gasteiger partial charge in [-0.15, -0.1) is 0 Å². The average molecular weight is 244 g/mol. The molecule has 0 radical (unpaired) electrons. The van der Waals surface area contributed by atoms with Gasteiger partial charge >= 0.3 is 0 Å². The van der Waals surface area contributed by atoms with E-state index in [4.69, 9.17) is 23.2 Å². The fraction of sp³-hybridized carbons (Fsp3) is 0.500. The molecule has 0 bridgehead atoms. The van der Waals surface area contributed by atoms with Gasteiger partial charge in [-0.05, 0) is 36.0 Å². The number of hydrogen-bond acceptors (Lipinski definition) is 1. The van der Waals surface area contributed by atoms with Crippen molar-refractivity contribution in [3.05, 3.63) is 33.8 Å². The van der Waals surface area contributed by atoms with Crippen LogP contribution in [0.1, 0.15) is 18.9 Å². The molecule has 0 amide bonds. The highest BCUT2D eigenvalue weighted by Gasteiger charge is 2.35. The van der Waals surface area contributed by atoms with Crippen LogP contribution in [-0.4, -0.2) is 13.1 Å². The third-order valence-electron chi connectivity index (χ3n) is 3.36. The molecule has 1 aliphatic heterocycles. The molecule has 0 atom stereocenters. The van der Waals surface area contributed by atoms with E-state index in [0.717, 1.165) is 35.1 Å². The molecule has 0 aromatic heterocycles. The minimum Gasteiger partial charge on any atom is -0.316 e. The highest BCUT2D eigenvalue weighted by Crippen LogP contribution is 2.36. The molecule has 1 N–H and O–H groups in total. The Labute approximate surface area is 101 Å². The van der Waals surface area contributed by atoms with Crippen molar-refractivity contribution in [2.75, 3.05) is 13.1 Å². The van der Waals surface area contributed by atoms with E-state index in [-0.39, 0.29) is 0 Å². The van der Waals surface area contributed by atoms with E-state index in [9.17, 15) is 0 Å². The summed E-state index contributed by atoms with van der Waals surface area (Å²) in [5, 5.41) is 4.91. The summed E-state index contributed by atoms with van der Waals surface area (Å²) in [4.78, 5) is 0. The van der Waals surface area contributed by atoms with Crippen LogP contribution in [0.3, 0.4) is 0 Å². The second kappa shape index (κ2) is 4.32. The topological polar surface area (TPSA) is 12.0 Å². The molecule has 82 valence electrons. The third kappa shape index (κ3) is 2.15. The van der Waals surface area contributed by atoms with Crippen molar-refractivity contribution in [1.82, 2.24) is 5.32 Å². The lowest BCUT2D eigenvalue weighted by atomic mass is 9.74. The molecule has 2 rings (SSSR count). The molecular weight excluding hydrogens is 229 g/mol. The van der Waals surface area contributed by atoms with Gasteiger partial charge in [-0.3, -0.25) is 0 Å².